The largest absolute Gasteiger partial charge is 0.305 e. The van der Waals surface area contributed by atoms with Gasteiger partial charge in [0.25, 0.3) is 0 Å². The number of fused-ring (bicyclic) bond motifs is 6. The van der Waals surface area contributed by atoms with Gasteiger partial charge in [-0.15, -0.1) is 137 Å². The van der Waals surface area contributed by atoms with E-state index >= 15 is 0 Å². The zero-order chi connectivity index (χ0) is 55.1. The third-order valence-corrected chi connectivity index (χ3v) is 15.1. The molecule has 2 aliphatic rings. The molecule has 8 aromatic carbocycles. The van der Waals surface area contributed by atoms with Crippen molar-refractivity contribution in [3.8, 4) is 89.5 Å². The number of aromatic nitrogens is 4. The molecule has 2 radical (unpaired) electrons. The Kier molecular flexibility index (Phi) is 18.5. The average Bonchev–Trinajstić information content (AvgIpc) is 4.05. The van der Waals surface area contributed by atoms with Crippen molar-refractivity contribution in [2.75, 3.05) is 0 Å². The molecule has 0 bridgehead atoms. The molecular formula is C76H60Ir2N4-4. The number of nitrogens with zero attached hydrogens (tertiary/aromatic N) is 4. The number of hydrogen-bond acceptors (Lipinski definition) is 4. The smallest absolute Gasteiger partial charge is 0.0266 e. The van der Waals surface area contributed by atoms with E-state index < -0.39 is 0 Å². The number of rotatable bonds is 6. The Morgan fingerprint density at radius 2 is 0.720 bits per heavy atom. The van der Waals surface area contributed by atoms with Crippen LogP contribution in [0.2, 0.25) is 0 Å². The van der Waals surface area contributed by atoms with Gasteiger partial charge in [0.05, 0.1) is 0 Å². The second-order valence-corrected chi connectivity index (χ2v) is 21.2. The van der Waals surface area contributed by atoms with Gasteiger partial charge in [0.15, 0.2) is 0 Å². The van der Waals surface area contributed by atoms with E-state index in [9.17, 15) is 0 Å². The first kappa shape index (κ1) is 58.3. The van der Waals surface area contributed by atoms with Gasteiger partial charge in [-0.1, -0.05) is 172 Å². The molecule has 0 unspecified atom stereocenters. The molecule has 14 rings (SSSR count). The van der Waals surface area contributed by atoms with Crippen LogP contribution in [0.15, 0.2) is 255 Å². The summed E-state index contributed by atoms with van der Waals surface area (Å²) < 4.78 is 0. The average molecular weight is 1410 g/mol. The molecule has 4 nitrogen and oxygen atoms in total. The Balaban J connectivity index is 0.000000138. The molecule has 0 atom stereocenters. The number of pyridine rings is 4. The van der Waals surface area contributed by atoms with Crippen LogP contribution in [0.4, 0.5) is 0 Å². The van der Waals surface area contributed by atoms with E-state index in [1.54, 1.807) is 0 Å². The fourth-order valence-corrected chi connectivity index (χ4v) is 10.9. The molecule has 4 aromatic heterocycles. The first-order chi connectivity index (χ1) is 39.0. The topological polar surface area (TPSA) is 51.6 Å². The third-order valence-electron chi connectivity index (χ3n) is 15.1. The minimum absolute atomic E-state index is 0. The second kappa shape index (κ2) is 26.1. The summed E-state index contributed by atoms with van der Waals surface area (Å²) in [6, 6.07) is 96.5. The van der Waals surface area contributed by atoms with Gasteiger partial charge in [0.1, 0.15) is 0 Å². The van der Waals surface area contributed by atoms with Crippen molar-refractivity contribution in [2.45, 2.75) is 52.4 Å². The van der Waals surface area contributed by atoms with Gasteiger partial charge in [-0.2, -0.15) is 0 Å². The number of aryl methyl sites for hydroxylation is 2. The van der Waals surface area contributed by atoms with Gasteiger partial charge in [-0.25, -0.2) is 0 Å². The van der Waals surface area contributed by atoms with Crippen LogP contribution in [-0.2, 0) is 51.0 Å². The first-order valence-electron chi connectivity index (χ1n) is 27.2. The van der Waals surface area contributed by atoms with Crippen molar-refractivity contribution in [3.63, 3.8) is 0 Å². The summed E-state index contributed by atoms with van der Waals surface area (Å²) in [5.41, 5.74) is 26.0. The molecule has 2 aliphatic carbocycles. The Labute approximate surface area is 511 Å². The van der Waals surface area contributed by atoms with Gasteiger partial charge >= 0.3 is 0 Å². The second-order valence-electron chi connectivity index (χ2n) is 21.2. The number of benzene rings is 8. The van der Waals surface area contributed by atoms with Crippen molar-refractivity contribution in [1.29, 1.82) is 0 Å². The van der Waals surface area contributed by atoms with E-state index in [1.165, 1.54) is 66.8 Å². The van der Waals surface area contributed by atoms with E-state index in [-0.39, 0.29) is 51.0 Å². The van der Waals surface area contributed by atoms with E-state index in [4.69, 9.17) is 0 Å². The normalized spacial score (nSPS) is 12.3. The van der Waals surface area contributed by atoms with Crippen LogP contribution in [0.5, 0.6) is 0 Å². The maximum Gasteiger partial charge on any atom is 0.0266 e. The third kappa shape index (κ3) is 12.7. The standard InChI is InChI=1S/2C26H20N.2C12H10N.2Ir/c1-26(2)23-11-4-3-10-21(23)22-14-13-19(17-24(22)26)18-8-7-9-20(16-18)25-12-5-6-15-27-25;1-26(2)23-8-4-3-7-21(23)22-15-14-20(17-24(22)26)18-10-12-19(13-11-18)25-9-5-6-16-27-25;2*1-10-6-5-9-12(13-10)11-7-3-2-4-8-11;;/h3-8,10-17H,1-2H3;3-12,14-17H,1-2H3;2*2-7,9H,1H3;;/q4*-1;;. The zero-order valence-electron chi connectivity index (χ0n) is 46.7. The molecule has 0 fully saturated rings. The van der Waals surface area contributed by atoms with Gasteiger partial charge in [0, 0.05) is 74.8 Å². The van der Waals surface area contributed by atoms with Crippen LogP contribution in [0.1, 0.15) is 61.3 Å². The Morgan fingerprint density at radius 1 is 0.305 bits per heavy atom. The monoisotopic (exact) mass is 1410 g/mol. The first-order valence-corrected chi connectivity index (χ1v) is 27.2. The summed E-state index contributed by atoms with van der Waals surface area (Å²) in [6.45, 7) is 13.3. The molecule has 0 aliphatic heterocycles. The fourth-order valence-electron chi connectivity index (χ4n) is 10.9. The Morgan fingerprint density at radius 3 is 1.18 bits per heavy atom. The van der Waals surface area contributed by atoms with Crippen LogP contribution < -0.4 is 0 Å². The molecule has 82 heavy (non-hydrogen) atoms. The van der Waals surface area contributed by atoms with Crippen LogP contribution in [0.3, 0.4) is 0 Å². The molecule has 0 spiro atoms. The minimum Gasteiger partial charge on any atom is -0.305 e. The Bertz CT molecular complexity index is 3990. The summed E-state index contributed by atoms with van der Waals surface area (Å²) in [7, 11) is 0. The molecule has 6 heteroatoms. The van der Waals surface area contributed by atoms with Crippen LogP contribution in [0, 0.1) is 38.1 Å². The van der Waals surface area contributed by atoms with Gasteiger partial charge in [-0.3, -0.25) is 0 Å². The maximum atomic E-state index is 4.46. The summed E-state index contributed by atoms with van der Waals surface area (Å²) in [5, 5.41) is 0. The predicted molar refractivity (Wildman–Crippen MR) is 330 cm³/mol. The number of hydrogen-bond donors (Lipinski definition) is 0. The summed E-state index contributed by atoms with van der Waals surface area (Å²) in [5.74, 6) is 0. The van der Waals surface area contributed by atoms with Crippen LogP contribution in [-0.4, -0.2) is 19.9 Å². The fraction of sp³-hybridized carbons (Fsp3) is 0.105. The minimum atomic E-state index is 0. The SMILES string of the molecule is CC1(C)c2ccccc2-c2ccc(-c3c[c-]c(-c4ccccn4)cc3)cc21.CC1(C)c2ccccc2-c2ccc(-c3cc[c-]c(-c4ccccn4)c3)cc21.Cc1cccc(-c2[c-]cccc2)n1.Cc1cccc(-c2[c-]cccc2)n1.[Ir].[Ir]. The van der Waals surface area contributed by atoms with E-state index in [1.807, 2.05) is 154 Å². The molecule has 4 heterocycles. The summed E-state index contributed by atoms with van der Waals surface area (Å²) >= 11 is 0. The quantitative estimate of drug-likeness (QED) is 0.156. The van der Waals surface area contributed by atoms with Crippen molar-refractivity contribution >= 4 is 0 Å². The van der Waals surface area contributed by atoms with Crippen molar-refractivity contribution in [1.82, 2.24) is 19.9 Å². The van der Waals surface area contributed by atoms with Crippen molar-refractivity contribution in [2.24, 2.45) is 0 Å². The maximum absolute atomic E-state index is 4.46. The molecule has 0 amide bonds. The zero-order valence-corrected chi connectivity index (χ0v) is 51.5. The molecular weight excluding hydrogens is 1350 g/mol. The van der Waals surface area contributed by atoms with Crippen molar-refractivity contribution < 1.29 is 40.2 Å². The molecule has 406 valence electrons. The summed E-state index contributed by atoms with van der Waals surface area (Å²) in [6.07, 6.45) is 3.64. The van der Waals surface area contributed by atoms with Crippen LogP contribution in [0.25, 0.3) is 89.5 Å². The molecule has 0 saturated carbocycles. The molecule has 0 saturated heterocycles. The van der Waals surface area contributed by atoms with E-state index in [0.717, 1.165) is 56.4 Å². The van der Waals surface area contributed by atoms with E-state index in [0.29, 0.717) is 0 Å². The predicted octanol–water partition coefficient (Wildman–Crippen LogP) is 18.8. The van der Waals surface area contributed by atoms with Crippen molar-refractivity contribution in [3.05, 3.63) is 313 Å². The molecule has 0 N–H and O–H groups in total. The Hall–Kier alpha value is -8.34. The van der Waals surface area contributed by atoms with Gasteiger partial charge in [0.2, 0.25) is 0 Å². The van der Waals surface area contributed by atoms with E-state index in [2.05, 4.69) is 187 Å². The summed E-state index contributed by atoms with van der Waals surface area (Å²) in [4.78, 5) is 17.7. The molecule has 12 aromatic rings. The van der Waals surface area contributed by atoms with Gasteiger partial charge < -0.3 is 19.9 Å². The van der Waals surface area contributed by atoms with Gasteiger partial charge in [-0.05, 0) is 111 Å². The van der Waals surface area contributed by atoms with Crippen LogP contribution >= 0.6 is 0 Å².